The fourth-order valence-corrected chi connectivity index (χ4v) is 3.04. The quantitative estimate of drug-likeness (QED) is 0.442. The summed E-state index contributed by atoms with van der Waals surface area (Å²) >= 11 is 0. The lowest BCUT2D eigenvalue weighted by Gasteiger charge is -2.24. The average Bonchev–Trinajstić information content (AvgIpc) is 3.14. The largest absolute Gasteiger partial charge is 0.383 e. The second kappa shape index (κ2) is 10.2. The molecule has 0 radical (unpaired) electrons. The summed E-state index contributed by atoms with van der Waals surface area (Å²) in [7, 11) is 1.81. The fourth-order valence-electron chi connectivity index (χ4n) is 3.04. The smallest absolute Gasteiger partial charge is 0.191 e. The van der Waals surface area contributed by atoms with Gasteiger partial charge in [-0.25, -0.2) is 9.38 Å². The Balaban J connectivity index is 2.06. The Kier molecular flexibility index (Phi) is 8.01. The average molecular weight is 405 g/mol. The zero-order valence-corrected chi connectivity index (χ0v) is 18.0. The van der Waals surface area contributed by atoms with Crippen LogP contribution in [0.1, 0.15) is 38.8 Å². The number of nitrogens with zero attached hydrogens (tertiary/aromatic N) is 4. The first kappa shape index (κ1) is 22.7. The van der Waals surface area contributed by atoms with Crippen molar-refractivity contribution in [1.29, 1.82) is 0 Å². The van der Waals surface area contributed by atoms with Crippen LogP contribution in [-0.4, -0.2) is 47.0 Å². The van der Waals surface area contributed by atoms with Gasteiger partial charge in [0.15, 0.2) is 5.96 Å². The van der Waals surface area contributed by atoms with Crippen molar-refractivity contribution in [2.45, 2.75) is 39.8 Å². The van der Waals surface area contributed by atoms with Crippen LogP contribution in [0, 0.1) is 5.82 Å². The van der Waals surface area contributed by atoms with Crippen LogP contribution < -0.4 is 15.5 Å². The van der Waals surface area contributed by atoms with Gasteiger partial charge >= 0.3 is 0 Å². The Morgan fingerprint density at radius 2 is 2.00 bits per heavy atom. The van der Waals surface area contributed by atoms with E-state index in [9.17, 15) is 9.50 Å². The van der Waals surface area contributed by atoms with Crippen LogP contribution in [0.15, 0.2) is 35.6 Å². The molecule has 2 aromatic rings. The molecule has 0 amide bonds. The lowest BCUT2D eigenvalue weighted by molar-refractivity contribution is 0.0616. The molecule has 160 valence electrons. The molecule has 0 fully saturated rings. The molecule has 0 bridgehead atoms. The van der Waals surface area contributed by atoms with Crippen LogP contribution in [0.25, 0.3) is 0 Å². The first-order valence-corrected chi connectivity index (χ1v) is 10.1. The van der Waals surface area contributed by atoms with Crippen LogP contribution in [-0.2, 0) is 19.2 Å². The van der Waals surface area contributed by atoms with Gasteiger partial charge in [-0.05, 0) is 45.4 Å². The van der Waals surface area contributed by atoms with Crippen LogP contribution in [0.2, 0.25) is 0 Å². The normalized spacial score (nSPS) is 13.8. The topological polar surface area (TPSA) is 77.7 Å². The molecule has 0 spiro atoms. The molecule has 2 rings (SSSR count). The summed E-state index contributed by atoms with van der Waals surface area (Å²) in [5.41, 5.74) is 1.02. The van der Waals surface area contributed by atoms with Crippen LogP contribution in [0.5, 0.6) is 0 Å². The summed E-state index contributed by atoms with van der Waals surface area (Å²) in [6.45, 7) is 10.5. The van der Waals surface area contributed by atoms with Crippen molar-refractivity contribution in [1.82, 2.24) is 20.4 Å². The van der Waals surface area contributed by atoms with E-state index in [4.69, 9.17) is 0 Å². The number of aliphatic imine (C=N–C) groups is 1. The van der Waals surface area contributed by atoms with Gasteiger partial charge in [-0.3, -0.25) is 4.68 Å². The number of hydrogen-bond acceptors (Lipinski definition) is 4. The highest BCUT2D eigenvalue weighted by molar-refractivity contribution is 5.79. The molecule has 3 N–H and O–H groups in total. The third-order valence-corrected chi connectivity index (χ3v) is 4.81. The van der Waals surface area contributed by atoms with E-state index in [0.717, 1.165) is 24.2 Å². The van der Waals surface area contributed by atoms with Gasteiger partial charge in [0, 0.05) is 38.4 Å². The number of aromatic nitrogens is 2. The zero-order valence-electron chi connectivity index (χ0n) is 18.0. The summed E-state index contributed by atoms with van der Waals surface area (Å²) < 4.78 is 16.1. The molecule has 29 heavy (non-hydrogen) atoms. The monoisotopic (exact) mass is 404 g/mol. The highest BCUT2D eigenvalue weighted by atomic mass is 19.1. The summed E-state index contributed by atoms with van der Waals surface area (Å²) in [5.74, 6) is 0.323. The lowest BCUT2D eigenvalue weighted by Crippen LogP contribution is -2.44. The van der Waals surface area contributed by atoms with Gasteiger partial charge in [-0.2, -0.15) is 5.10 Å². The molecule has 8 heteroatoms. The Bertz CT molecular complexity index is 813. The molecule has 1 aromatic heterocycles. The summed E-state index contributed by atoms with van der Waals surface area (Å²) in [5, 5.41) is 21.1. The van der Waals surface area contributed by atoms with Gasteiger partial charge in [0.05, 0.1) is 25.0 Å². The van der Waals surface area contributed by atoms with Crippen molar-refractivity contribution in [3.8, 4) is 0 Å². The van der Waals surface area contributed by atoms with E-state index < -0.39 is 5.60 Å². The molecular weight excluding hydrogens is 371 g/mol. The minimum absolute atomic E-state index is 0.237. The van der Waals surface area contributed by atoms with Gasteiger partial charge < -0.3 is 20.6 Å². The Hall–Kier alpha value is -2.61. The highest BCUT2D eigenvalue weighted by Crippen LogP contribution is 2.21. The van der Waals surface area contributed by atoms with Crippen molar-refractivity contribution < 1.29 is 9.50 Å². The number of hydrogen-bond donors (Lipinski definition) is 3. The lowest BCUT2D eigenvalue weighted by atomic mass is 10.00. The third-order valence-electron chi connectivity index (χ3n) is 4.81. The highest BCUT2D eigenvalue weighted by Gasteiger charge is 2.25. The van der Waals surface area contributed by atoms with Crippen LogP contribution in [0.3, 0.4) is 0 Å². The number of nitrogens with one attached hydrogen (secondary N) is 2. The third kappa shape index (κ3) is 6.19. The molecule has 0 saturated carbocycles. The Morgan fingerprint density at radius 3 is 2.55 bits per heavy atom. The SMILES string of the molecule is CCNC(=NCc1ccc(N(CC)CC)c(F)c1)NCC(C)(O)c1cnn(C)c1. The van der Waals surface area contributed by atoms with E-state index in [1.165, 1.54) is 6.07 Å². The first-order valence-electron chi connectivity index (χ1n) is 10.1. The predicted molar refractivity (Wildman–Crippen MR) is 116 cm³/mol. The summed E-state index contributed by atoms with van der Waals surface area (Å²) in [6, 6.07) is 5.24. The van der Waals surface area contributed by atoms with Crippen molar-refractivity contribution in [3.63, 3.8) is 0 Å². The van der Waals surface area contributed by atoms with Crippen molar-refractivity contribution >= 4 is 11.6 Å². The number of benzene rings is 1. The molecule has 1 unspecified atom stereocenters. The summed E-state index contributed by atoms with van der Waals surface area (Å²) in [6.07, 6.45) is 3.43. The molecule has 7 nitrogen and oxygen atoms in total. The van der Waals surface area contributed by atoms with E-state index in [-0.39, 0.29) is 12.4 Å². The van der Waals surface area contributed by atoms with Crippen molar-refractivity contribution in [2.24, 2.45) is 12.0 Å². The number of halogens is 1. The maximum atomic E-state index is 14.5. The van der Waals surface area contributed by atoms with E-state index >= 15 is 0 Å². The van der Waals surface area contributed by atoms with Gasteiger partial charge in [-0.15, -0.1) is 0 Å². The number of guanidine groups is 1. The maximum Gasteiger partial charge on any atom is 0.191 e. The molecule has 0 aliphatic carbocycles. The van der Waals surface area contributed by atoms with Crippen LogP contribution in [0.4, 0.5) is 10.1 Å². The Morgan fingerprint density at radius 1 is 1.28 bits per heavy atom. The van der Waals surface area contributed by atoms with E-state index in [0.29, 0.717) is 24.7 Å². The summed E-state index contributed by atoms with van der Waals surface area (Å²) in [4.78, 5) is 6.50. The number of aryl methyl sites for hydroxylation is 1. The van der Waals surface area contributed by atoms with E-state index in [2.05, 4.69) is 20.7 Å². The molecule has 1 atom stereocenters. The molecular formula is C21H33FN6O. The predicted octanol–water partition coefficient (Wildman–Crippen LogP) is 2.37. The van der Waals surface area contributed by atoms with E-state index in [1.807, 2.05) is 38.8 Å². The minimum atomic E-state index is -1.10. The van der Waals surface area contributed by atoms with Crippen LogP contribution >= 0.6 is 0 Å². The van der Waals surface area contributed by atoms with Crippen molar-refractivity contribution in [2.75, 3.05) is 31.1 Å². The second-order valence-electron chi connectivity index (χ2n) is 7.18. The van der Waals surface area contributed by atoms with Gasteiger partial charge in [0.1, 0.15) is 11.4 Å². The molecule has 0 saturated heterocycles. The Labute approximate surface area is 172 Å². The van der Waals surface area contributed by atoms with Gasteiger partial charge in [0.25, 0.3) is 0 Å². The molecule has 0 aliphatic rings. The molecule has 1 aromatic carbocycles. The second-order valence-corrected chi connectivity index (χ2v) is 7.18. The first-order chi connectivity index (χ1) is 13.8. The number of rotatable bonds is 9. The van der Waals surface area contributed by atoms with Gasteiger partial charge in [-0.1, -0.05) is 6.07 Å². The molecule has 1 heterocycles. The fraction of sp³-hybridized carbons (Fsp3) is 0.524. The number of anilines is 1. The van der Waals surface area contributed by atoms with E-state index in [1.54, 1.807) is 30.1 Å². The maximum absolute atomic E-state index is 14.5. The zero-order chi connectivity index (χ0) is 21.4. The van der Waals surface area contributed by atoms with Crippen molar-refractivity contribution in [3.05, 3.63) is 47.5 Å². The standard InChI is InChI=1S/C21H33FN6O/c1-6-23-20(25-15-21(4,29)17-13-26-27(5)14-17)24-12-16-9-10-19(18(22)11-16)28(7-2)8-3/h9-11,13-14,29H,6-8,12,15H2,1-5H3,(H2,23,24,25). The van der Waals surface area contributed by atoms with Gasteiger partial charge in [0.2, 0.25) is 0 Å². The minimum Gasteiger partial charge on any atom is -0.383 e. The number of aliphatic hydroxyl groups is 1. The molecule has 0 aliphatic heterocycles.